The normalized spacial score (nSPS) is 10.6. The molecule has 6 aromatic heterocycles. The summed E-state index contributed by atoms with van der Waals surface area (Å²) in [6.07, 6.45) is 10.5. The SMILES string of the molecule is COc1cncc(Nc2ccc3ncc(Nc4cncc(C)c4)cc3n2)c1.Clc1ccc2ncc(Br)cc2n1. The van der Waals surface area contributed by atoms with Crippen molar-refractivity contribution in [3.63, 3.8) is 0 Å². The van der Waals surface area contributed by atoms with Crippen LogP contribution in [0.4, 0.5) is 22.9 Å². The van der Waals surface area contributed by atoms with Gasteiger partial charge in [0.2, 0.25) is 0 Å². The minimum atomic E-state index is 0.488. The summed E-state index contributed by atoms with van der Waals surface area (Å²) in [6.45, 7) is 2.00. The van der Waals surface area contributed by atoms with Gasteiger partial charge in [-0.1, -0.05) is 11.6 Å². The fourth-order valence-corrected chi connectivity index (χ4v) is 4.11. The van der Waals surface area contributed by atoms with Gasteiger partial charge in [-0.05, 0) is 70.9 Å². The summed E-state index contributed by atoms with van der Waals surface area (Å²) in [5, 5.41) is 7.03. The summed E-state index contributed by atoms with van der Waals surface area (Å²) in [4.78, 5) is 25.7. The third-order valence-corrected chi connectivity index (χ3v) is 6.04. The average Bonchev–Trinajstić information content (AvgIpc) is 2.93. The van der Waals surface area contributed by atoms with Crippen molar-refractivity contribution in [3.8, 4) is 5.75 Å². The van der Waals surface area contributed by atoms with E-state index in [1.54, 1.807) is 44.2 Å². The predicted octanol–water partition coefficient (Wildman–Crippen LogP) is 7.27. The Morgan fingerprint density at radius 2 is 1.38 bits per heavy atom. The molecule has 0 amide bonds. The molecule has 11 heteroatoms. The van der Waals surface area contributed by atoms with Crippen molar-refractivity contribution >= 4 is 72.5 Å². The van der Waals surface area contributed by atoms with E-state index < -0.39 is 0 Å². The van der Waals surface area contributed by atoms with Gasteiger partial charge >= 0.3 is 0 Å². The van der Waals surface area contributed by atoms with Gasteiger partial charge in [-0.3, -0.25) is 19.9 Å². The molecule has 0 radical (unpaired) electrons. The molecule has 0 spiro atoms. The molecule has 0 aliphatic heterocycles. The standard InChI is InChI=1S/C20H18N6O.C8H4BrClN2/c1-13-5-14(9-21-8-13)24-16-7-19-18(23-11-16)3-4-20(26-19)25-15-6-17(27-2)12-22-10-15;9-5-3-7-6(11-4-5)1-2-8(10)12-7/h3-12,24H,1-2H3,(H,25,26);1-4H. The fraction of sp³-hybridized carbons (Fsp3) is 0.0714. The van der Waals surface area contributed by atoms with Crippen molar-refractivity contribution in [3.05, 3.63) is 101 Å². The van der Waals surface area contributed by atoms with Crippen LogP contribution < -0.4 is 15.4 Å². The lowest BCUT2D eigenvalue weighted by molar-refractivity contribution is 0.413. The zero-order chi connectivity index (χ0) is 27.2. The van der Waals surface area contributed by atoms with Crippen molar-refractivity contribution in [1.29, 1.82) is 0 Å². The lowest BCUT2D eigenvalue weighted by atomic mass is 10.2. The van der Waals surface area contributed by atoms with Crippen molar-refractivity contribution < 1.29 is 4.74 Å². The highest BCUT2D eigenvalue weighted by molar-refractivity contribution is 9.10. The number of rotatable bonds is 5. The van der Waals surface area contributed by atoms with E-state index in [1.807, 2.05) is 55.6 Å². The molecule has 0 fully saturated rings. The van der Waals surface area contributed by atoms with Gasteiger partial charge in [0.15, 0.2) is 0 Å². The first kappa shape index (κ1) is 26.2. The van der Waals surface area contributed by atoms with E-state index in [1.165, 1.54) is 0 Å². The van der Waals surface area contributed by atoms with Crippen LogP contribution in [0, 0.1) is 6.92 Å². The number of methoxy groups -OCH3 is 1. The molecule has 0 atom stereocenters. The highest BCUT2D eigenvalue weighted by atomic mass is 79.9. The van der Waals surface area contributed by atoms with Gasteiger partial charge in [0.25, 0.3) is 0 Å². The summed E-state index contributed by atoms with van der Waals surface area (Å²) in [5.41, 5.74) is 6.90. The molecule has 39 heavy (non-hydrogen) atoms. The van der Waals surface area contributed by atoms with E-state index in [4.69, 9.17) is 16.3 Å². The Balaban J connectivity index is 0.000000214. The minimum Gasteiger partial charge on any atom is -0.495 e. The van der Waals surface area contributed by atoms with Crippen LogP contribution in [0.15, 0.2) is 90.2 Å². The Morgan fingerprint density at radius 3 is 2.18 bits per heavy atom. The lowest BCUT2D eigenvalue weighted by Crippen LogP contribution is -1.97. The van der Waals surface area contributed by atoms with Crippen LogP contribution in [0.2, 0.25) is 5.15 Å². The molecule has 0 aliphatic carbocycles. The topological polar surface area (TPSA) is 111 Å². The smallest absolute Gasteiger partial charge is 0.139 e. The van der Waals surface area contributed by atoms with E-state index in [9.17, 15) is 0 Å². The first-order chi connectivity index (χ1) is 18.9. The van der Waals surface area contributed by atoms with Gasteiger partial charge in [-0.2, -0.15) is 0 Å². The maximum absolute atomic E-state index is 5.72. The van der Waals surface area contributed by atoms with Gasteiger partial charge in [0.1, 0.15) is 16.7 Å². The molecule has 194 valence electrons. The Kier molecular flexibility index (Phi) is 8.04. The highest BCUT2D eigenvalue weighted by Gasteiger charge is 2.04. The number of pyridine rings is 6. The number of anilines is 4. The molecule has 0 saturated carbocycles. The largest absolute Gasteiger partial charge is 0.495 e. The molecule has 6 rings (SSSR count). The summed E-state index contributed by atoms with van der Waals surface area (Å²) in [6, 6.07) is 15.1. The first-order valence-corrected chi connectivity index (χ1v) is 12.9. The molecule has 9 nitrogen and oxygen atoms in total. The second kappa shape index (κ2) is 12.0. The summed E-state index contributed by atoms with van der Waals surface area (Å²) >= 11 is 9.03. The number of hydrogen-bond acceptors (Lipinski definition) is 9. The van der Waals surface area contributed by atoms with Crippen LogP contribution in [-0.2, 0) is 0 Å². The minimum absolute atomic E-state index is 0.488. The quantitative estimate of drug-likeness (QED) is 0.197. The highest BCUT2D eigenvalue weighted by Crippen LogP contribution is 2.23. The first-order valence-electron chi connectivity index (χ1n) is 11.7. The second-order valence-corrected chi connectivity index (χ2v) is 9.70. The molecule has 6 aromatic rings. The number of aromatic nitrogens is 6. The summed E-state index contributed by atoms with van der Waals surface area (Å²) in [7, 11) is 1.61. The molecule has 0 bridgehead atoms. The van der Waals surface area contributed by atoms with Gasteiger partial charge in [0.05, 0.1) is 71.0 Å². The van der Waals surface area contributed by atoms with Crippen molar-refractivity contribution in [2.75, 3.05) is 17.7 Å². The number of ether oxygens (including phenoxy) is 1. The van der Waals surface area contributed by atoms with Crippen molar-refractivity contribution in [2.45, 2.75) is 6.92 Å². The Bertz CT molecular complexity index is 1730. The third-order valence-electron chi connectivity index (χ3n) is 5.39. The Hall–Kier alpha value is -4.41. The maximum atomic E-state index is 5.72. The Morgan fingerprint density at radius 1 is 0.692 bits per heavy atom. The zero-order valence-electron chi connectivity index (χ0n) is 20.9. The number of halogens is 2. The van der Waals surface area contributed by atoms with Gasteiger partial charge < -0.3 is 15.4 Å². The number of aryl methyl sites for hydroxylation is 1. The van der Waals surface area contributed by atoms with Crippen LogP contribution >= 0.6 is 27.5 Å². The van der Waals surface area contributed by atoms with E-state index >= 15 is 0 Å². The van der Waals surface area contributed by atoms with Crippen molar-refractivity contribution in [2.24, 2.45) is 0 Å². The number of nitrogens with one attached hydrogen (secondary N) is 2. The van der Waals surface area contributed by atoms with Gasteiger partial charge in [0, 0.05) is 22.9 Å². The van der Waals surface area contributed by atoms with Gasteiger partial charge in [-0.25, -0.2) is 9.97 Å². The van der Waals surface area contributed by atoms with E-state index in [0.717, 1.165) is 49.2 Å². The summed E-state index contributed by atoms with van der Waals surface area (Å²) in [5.74, 6) is 1.38. The monoisotopic (exact) mass is 600 g/mol. The fourth-order valence-electron chi connectivity index (χ4n) is 3.64. The molecule has 2 N–H and O–H groups in total. The van der Waals surface area contributed by atoms with Crippen LogP contribution in [0.1, 0.15) is 5.56 Å². The molecule has 0 saturated heterocycles. The maximum Gasteiger partial charge on any atom is 0.139 e. The molecule has 6 heterocycles. The number of hydrogen-bond donors (Lipinski definition) is 2. The number of nitrogens with zero attached hydrogens (tertiary/aromatic N) is 6. The number of fused-ring (bicyclic) bond motifs is 2. The molecule has 0 aliphatic rings. The van der Waals surface area contributed by atoms with Crippen LogP contribution in [-0.4, -0.2) is 37.0 Å². The second-order valence-electron chi connectivity index (χ2n) is 8.40. The van der Waals surface area contributed by atoms with E-state index in [0.29, 0.717) is 16.7 Å². The van der Waals surface area contributed by atoms with Crippen LogP contribution in [0.3, 0.4) is 0 Å². The predicted molar refractivity (Wildman–Crippen MR) is 158 cm³/mol. The third kappa shape index (κ3) is 6.92. The van der Waals surface area contributed by atoms with E-state index in [-0.39, 0.29) is 0 Å². The molecule has 0 aromatic carbocycles. The van der Waals surface area contributed by atoms with E-state index in [2.05, 4.69) is 56.5 Å². The lowest BCUT2D eigenvalue weighted by Gasteiger charge is -2.09. The average molecular weight is 602 g/mol. The van der Waals surface area contributed by atoms with Crippen LogP contribution in [0.25, 0.3) is 22.1 Å². The van der Waals surface area contributed by atoms with Crippen LogP contribution in [0.5, 0.6) is 5.75 Å². The molecule has 0 unspecified atom stereocenters. The van der Waals surface area contributed by atoms with Gasteiger partial charge in [-0.15, -0.1) is 0 Å². The molecular weight excluding hydrogens is 580 g/mol. The molecular formula is C28H22BrClN8O. The van der Waals surface area contributed by atoms with Crippen molar-refractivity contribution in [1.82, 2.24) is 29.9 Å². The zero-order valence-corrected chi connectivity index (χ0v) is 23.3. The summed E-state index contributed by atoms with van der Waals surface area (Å²) < 4.78 is 6.10. The Labute approximate surface area is 237 Å².